The number of methoxy groups -OCH3 is 1. The fourth-order valence-corrected chi connectivity index (χ4v) is 2.71. The fourth-order valence-electron chi connectivity index (χ4n) is 2.71. The average molecular weight is 366 g/mol. The number of carbonyl (C=O) groups is 2. The van der Waals surface area contributed by atoms with Crippen LogP contribution in [-0.2, 0) is 20.8 Å². The van der Waals surface area contributed by atoms with Gasteiger partial charge >= 0.3 is 12.0 Å². The van der Waals surface area contributed by atoms with Crippen molar-refractivity contribution in [3.8, 4) is 0 Å². The summed E-state index contributed by atoms with van der Waals surface area (Å²) in [5.41, 5.74) is 0.604. The maximum absolute atomic E-state index is 12.1. The highest BCUT2D eigenvalue weighted by molar-refractivity contribution is 5.87. The van der Waals surface area contributed by atoms with Crippen molar-refractivity contribution in [3.63, 3.8) is 0 Å². The third-order valence-electron chi connectivity index (χ3n) is 4.32. The Bertz CT molecular complexity index is 584. The summed E-state index contributed by atoms with van der Waals surface area (Å²) in [4.78, 5) is 22.9. The van der Waals surface area contributed by atoms with Crippen LogP contribution in [0.25, 0.3) is 0 Å². The van der Waals surface area contributed by atoms with Gasteiger partial charge in [-0.15, -0.1) is 0 Å². The van der Waals surface area contributed by atoms with Crippen molar-refractivity contribution in [3.05, 3.63) is 35.4 Å². The minimum Gasteiger partial charge on any atom is -0.478 e. The van der Waals surface area contributed by atoms with E-state index in [0.717, 1.165) is 5.56 Å². The molecule has 26 heavy (non-hydrogen) atoms. The van der Waals surface area contributed by atoms with Crippen LogP contribution in [-0.4, -0.2) is 62.8 Å². The maximum Gasteiger partial charge on any atom is 0.335 e. The van der Waals surface area contributed by atoms with Crippen molar-refractivity contribution in [2.45, 2.75) is 25.0 Å². The monoisotopic (exact) mass is 366 g/mol. The number of amides is 2. The zero-order chi connectivity index (χ0) is 18.8. The van der Waals surface area contributed by atoms with Crippen LogP contribution in [0.15, 0.2) is 24.3 Å². The van der Waals surface area contributed by atoms with Gasteiger partial charge in [0.1, 0.15) is 0 Å². The van der Waals surface area contributed by atoms with Gasteiger partial charge in [-0.3, -0.25) is 0 Å². The molecule has 1 heterocycles. The lowest BCUT2D eigenvalue weighted by molar-refractivity contribution is -0.116. The van der Waals surface area contributed by atoms with Crippen molar-refractivity contribution in [1.82, 2.24) is 10.6 Å². The van der Waals surface area contributed by atoms with Gasteiger partial charge in [-0.05, 0) is 17.7 Å². The molecule has 0 saturated carbocycles. The lowest BCUT2D eigenvalue weighted by Gasteiger charge is -2.37. The van der Waals surface area contributed by atoms with E-state index >= 15 is 0 Å². The molecule has 2 amide bonds. The molecule has 0 aromatic heterocycles. The van der Waals surface area contributed by atoms with Crippen LogP contribution in [0.5, 0.6) is 0 Å². The van der Waals surface area contributed by atoms with Gasteiger partial charge in [0.05, 0.1) is 24.4 Å². The van der Waals surface area contributed by atoms with E-state index in [2.05, 4.69) is 10.6 Å². The number of nitrogens with one attached hydrogen (secondary N) is 2. The Balaban J connectivity index is 1.79. The molecule has 3 N–H and O–H groups in total. The lowest BCUT2D eigenvalue weighted by atomic mass is 9.94. The summed E-state index contributed by atoms with van der Waals surface area (Å²) in [6, 6.07) is 6.08. The van der Waals surface area contributed by atoms with Gasteiger partial charge in [-0.25, -0.2) is 9.59 Å². The van der Waals surface area contributed by atoms with Gasteiger partial charge in [0, 0.05) is 46.3 Å². The molecule has 1 fully saturated rings. The molecule has 144 valence electrons. The highest BCUT2D eigenvalue weighted by atomic mass is 16.5. The van der Waals surface area contributed by atoms with E-state index in [1.54, 1.807) is 19.2 Å². The van der Waals surface area contributed by atoms with Crippen LogP contribution in [0, 0.1) is 0 Å². The second-order valence-corrected chi connectivity index (χ2v) is 6.17. The highest BCUT2D eigenvalue weighted by Gasteiger charge is 2.34. The van der Waals surface area contributed by atoms with Gasteiger partial charge < -0.3 is 30.0 Å². The molecule has 1 aliphatic heterocycles. The van der Waals surface area contributed by atoms with Crippen molar-refractivity contribution in [1.29, 1.82) is 0 Å². The van der Waals surface area contributed by atoms with E-state index < -0.39 is 11.6 Å². The van der Waals surface area contributed by atoms with Gasteiger partial charge in [-0.2, -0.15) is 0 Å². The normalized spacial score (nSPS) is 16.0. The molecular weight excluding hydrogens is 340 g/mol. The first-order valence-corrected chi connectivity index (χ1v) is 8.59. The molecule has 0 radical (unpaired) electrons. The van der Waals surface area contributed by atoms with E-state index in [1.807, 2.05) is 0 Å². The van der Waals surface area contributed by atoms with Crippen LogP contribution in [0.4, 0.5) is 4.79 Å². The zero-order valence-electron chi connectivity index (χ0n) is 15.0. The molecule has 1 aliphatic rings. The first kappa shape index (κ1) is 20.2. The standard InChI is InChI=1S/C18H26N2O6/c1-24-10-11-26-18(6-8-25-9-7-18)13-20-17(23)19-12-14-2-4-15(5-3-14)16(21)22/h2-5H,6-13H2,1H3,(H,21,22)(H2,19,20,23). The largest absolute Gasteiger partial charge is 0.478 e. The minimum atomic E-state index is -0.975. The zero-order valence-corrected chi connectivity index (χ0v) is 15.0. The smallest absolute Gasteiger partial charge is 0.335 e. The Kier molecular flexibility index (Phi) is 7.83. The molecule has 8 nitrogen and oxygen atoms in total. The van der Waals surface area contributed by atoms with Crippen LogP contribution in [0.2, 0.25) is 0 Å². The topological polar surface area (TPSA) is 106 Å². The number of urea groups is 1. The first-order chi connectivity index (χ1) is 12.5. The summed E-state index contributed by atoms with van der Waals surface area (Å²) in [5.74, 6) is -0.975. The molecule has 1 aromatic rings. The van der Waals surface area contributed by atoms with Crippen LogP contribution >= 0.6 is 0 Å². The Labute approximate surface area is 152 Å². The quantitative estimate of drug-likeness (QED) is 0.571. The third kappa shape index (κ3) is 6.29. The summed E-state index contributed by atoms with van der Waals surface area (Å²) in [6.45, 7) is 2.88. The van der Waals surface area contributed by atoms with Crippen molar-refractivity contribution < 1.29 is 28.9 Å². The molecule has 0 atom stereocenters. The number of carboxylic acid groups (broad SMARTS) is 1. The van der Waals surface area contributed by atoms with E-state index in [1.165, 1.54) is 12.1 Å². The lowest BCUT2D eigenvalue weighted by Crippen LogP contribution is -2.51. The van der Waals surface area contributed by atoms with E-state index in [4.69, 9.17) is 19.3 Å². The molecule has 1 aromatic carbocycles. The van der Waals surface area contributed by atoms with E-state index in [-0.39, 0.29) is 11.6 Å². The number of carbonyl (C=O) groups excluding carboxylic acids is 1. The molecule has 8 heteroatoms. The minimum absolute atomic E-state index is 0.216. The summed E-state index contributed by atoms with van der Waals surface area (Å²) in [6.07, 6.45) is 1.43. The van der Waals surface area contributed by atoms with E-state index in [0.29, 0.717) is 52.4 Å². The van der Waals surface area contributed by atoms with Gasteiger partial charge in [0.2, 0.25) is 0 Å². The second-order valence-electron chi connectivity index (χ2n) is 6.17. The number of hydrogen-bond donors (Lipinski definition) is 3. The molecule has 0 unspecified atom stereocenters. The fraction of sp³-hybridized carbons (Fsp3) is 0.556. The number of carboxylic acids is 1. The molecule has 0 bridgehead atoms. The molecular formula is C18H26N2O6. The van der Waals surface area contributed by atoms with Crippen molar-refractivity contribution >= 4 is 12.0 Å². The van der Waals surface area contributed by atoms with Crippen molar-refractivity contribution in [2.75, 3.05) is 40.1 Å². The number of hydrogen-bond acceptors (Lipinski definition) is 5. The number of ether oxygens (including phenoxy) is 3. The first-order valence-electron chi connectivity index (χ1n) is 8.59. The number of aromatic carboxylic acids is 1. The van der Waals surface area contributed by atoms with Gasteiger partial charge in [-0.1, -0.05) is 12.1 Å². The molecule has 0 aliphatic carbocycles. The Morgan fingerprint density at radius 2 is 1.85 bits per heavy atom. The Hall–Kier alpha value is -2.16. The summed E-state index contributed by atoms with van der Waals surface area (Å²) in [7, 11) is 1.62. The highest BCUT2D eigenvalue weighted by Crippen LogP contribution is 2.24. The molecule has 1 saturated heterocycles. The van der Waals surface area contributed by atoms with Gasteiger partial charge in [0.25, 0.3) is 0 Å². The summed E-state index contributed by atoms with van der Waals surface area (Å²) in [5, 5.41) is 14.5. The average Bonchev–Trinajstić information content (AvgIpc) is 2.66. The predicted octanol–water partition coefficient (Wildman–Crippen LogP) is 1.40. The maximum atomic E-state index is 12.1. The Morgan fingerprint density at radius 3 is 2.46 bits per heavy atom. The third-order valence-corrected chi connectivity index (χ3v) is 4.32. The Morgan fingerprint density at radius 1 is 1.15 bits per heavy atom. The molecule has 0 spiro atoms. The predicted molar refractivity (Wildman–Crippen MR) is 94.3 cm³/mol. The van der Waals surface area contributed by atoms with Gasteiger partial charge in [0.15, 0.2) is 0 Å². The molecule has 2 rings (SSSR count). The second kappa shape index (κ2) is 10.1. The SMILES string of the molecule is COCCOC1(CNC(=O)NCc2ccc(C(=O)O)cc2)CCOCC1. The van der Waals surface area contributed by atoms with Crippen molar-refractivity contribution in [2.24, 2.45) is 0 Å². The van der Waals surface area contributed by atoms with E-state index in [9.17, 15) is 9.59 Å². The number of rotatable bonds is 9. The van der Waals surface area contributed by atoms with Crippen LogP contribution < -0.4 is 10.6 Å². The van der Waals surface area contributed by atoms with Crippen LogP contribution in [0.3, 0.4) is 0 Å². The summed E-state index contributed by atoms with van der Waals surface area (Å²) < 4.78 is 16.4. The summed E-state index contributed by atoms with van der Waals surface area (Å²) >= 11 is 0. The van der Waals surface area contributed by atoms with Crippen LogP contribution in [0.1, 0.15) is 28.8 Å². The number of benzene rings is 1.